The summed E-state index contributed by atoms with van der Waals surface area (Å²) in [5.41, 5.74) is 1.20. The second-order valence-corrected chi connectivity index (χ2v) is 9.34. The number of carbonyl (C=O) groups is 1. The molecule has 10 heteroatoms. The summed E-state index contributed by atoms with van der Waals surface area (Å²) in [4.78, 5) is 30.1. The minimum absolute atomic E-state index is 0.225. The van der Waals surface area contributed by atoms with Crippen LogP contribution in [-0.2, 0) is 9.53 Å². The maximum atomic E-state index is 13.5. The van der Waals surface area contributed by atoms with E-state index < -0.39 is 12.1 Å². The van der Waals surface area contributed by atoms with Crippen molar-refractivity contribution in [1.29, 1.82) is 0 Å². The fourth-order valence-electron chi connectivity index (χ4n) is 3.79. The Bertz CT molecular complexity index is 1710. The van der Waals surface area contributed by atoms with Crippen LogP contribution >= 0.6 is 27.5 Å². The standard InChI is InChI=1S/C27H19BrClN3O5/c1-15(27(34)35-2)36-24-17(11-18(29)13-20(24)28)14-30-32-25(23-12-16-7-3-6-10-22(16)37-23)31-21-9-5-4-8-19(21)26(32)33/h3-15H,1-2H3/t15-/m0/s1. The number of nitrogens with zero attached hydrogens (tertiary/aromatic N) is 3. The number of benzene rings is 3. The largest absolute Gasteiger partial charge is 0.477 e. The number of aromatic nitrogens is 2. The number of esters is 1. The van der Waals surface area contributed by atoms with E-state index in [0.29, 0.717) is 43.1 Å². The first kappa shape index (κ1) is 24.7. The van der Waals surface area contributed by atoms with Crippen LogP contribution in [0.25, 0.3) is 33.5 Å². The van der Waals surface area contributed by atoms with Gasteiger partial charge in [-0.2, -0.15) is 9.78 Å². The average Bonchev–Trinajstić information content (AvgIpc) is 3.33. The Kier molecular flexibility index (Phi) is 6.82. The smallest absolute Gasteiger partial charge is 0.346 e. The summed E-state index contributed by atoms with van der Waals surface area (Å²) in [6, 6.07) is 19.5. The second-order valence-electron chi connectivity index (χ2n) is 8.05. The van der Waals surface area contributed by atoms with Crippen LogP contribution in [0.3, 0.4) is 0 Å². The predicted molar refractivity (Wildman–Crippen MR) is 145 cm³/mol. The molecule has 2 aromatic heterocycles. The number of hydrogen-bond acceptors (Lipinski definition) is 7. The number of furan rings is 1. The number of hydrogen-bond donors (Lipinski definition) is 0. The van der Waals surface area contributed by atoms with Crippen molar-refractivity contribution < 1.29 is 18.7 Å². The predicted octanol–water partition coefficient (Wildman–Crippen LogP) is 6.05. The van der Waals surface area contributed by atoms with E-state index in [-0.39, 0.29) is 11.4 Å². The van der Waals surface area contributed by atoms with Gasteiger partial charge in [-0.1, -0.05) is 41.9 Å². The van der Waals surface area contributed by atoms with Crippen LogP contribution in [0.2, 0.25) is 5.02 Å². The van der Waals surface area contributed by atoms with Crippen LogP contribution in [0.4, 0.5) is 0 Å². The van der Waals surface area contributed by atoms with Crippen molar-refractivity contribution in [2.24, 2.45) is 5.10 Å². The molecule has 0 aliphatic rings. The van der Waals surface area contributed by atoms with E-state index in [1.807, 2.05) is 24.3 Å². The van der Waals surface area contributed by atoms with E-state index in [1.165, 1.54) is 18.0 Å². The van der Waals surface area contributed by atoms with Crippen LogP contribution < -0.4 is 10.3 Å². The van der Waals surface area contributed by atoms with Gasteiger partial charge in [0.25, 0.3) is 5.56 Å². The molecule has 0 amide bonds. The van der Waals surface area contributed by atoms with E-state index in [9.17, 15) is 9.59 Å². The maximum Gasteiger partial charge on any atom is 0.346 e. The highest BCUT2D eigenvalue weighted by molar-refractivity contribution is 9.10. The number of carbonyl (C=O) groups excluding carboxylic acids is 1. The van der Waals surface area contributed by atoms with Crippen LogP contribution in [0.15, 0.2) is 85.5 Å². The van der Waals surface area contributed by atoms with E-state index in [0.717, 1.165) is 5.39 Å². The summed E-state index contributed by atoms with van der Waals surface area (Å²) in [5.74, 6) is 0.358. The van der Waals surface area contributed by atoms with Gasteiger partial charge in [-0.15, -0.1) is 0 Å². The molecule has 37 heavy (non-hydrogen) atoms. The number of rotatable bonds is 6. The molecule has 0 N–H and O–H groups in total. The molecule has 3 aromatic carbocycles. The molecule has 0 bridgehead atoms. The zero-order chi connectivity index (χ0) is 26.1. The average molecular weight is 581 g/mol. The molecule has 0 aliphatic carbocycles. The highest BCUT2D eigenvalue weighted by Crippen LogP contribution is 2.33. The van der Waals surface area contributed by atoms with Gasteiger partial charge in [-0.05, 0) is 59.3 Å². The molecule has 5 rings (SSSR count). The lowest BCUT2D eigenvalue weighted by Crippen LogP contribution is -2.25. The topological polar surface area (TPSA) is 95.9 Å². The molecule has 0 saturated heterocycles. The van der Waals surface area contributed by atoms with Gasteiger partial charge in [0.2, 0.25) is 5.82 Å². The fraction of sp³-hybridized carbons (Fsp3) is 0.111. The summed E-state index contributed by atoms with van der Waals surface area (Å²) in [6.45, 7) is 1.56. The van der Waals surface area contributed by atoms with Crippen molar-refractivity contribution in [2.75, 3.05) is 7.11 Å². The van der Waals surface area contributed by atoms with E-state index in [4.69, 9.17) is 25.5 Å². The Balaban J connectivity index is 1.68. The third-order valence-corrected chi connectivity index (χ3v) is 6.38. The molecule has 0 aliphatic heterocycles. The third-order valence-electron chi connectivity index (χ3n) is 5.58. The normalized spacial score (nSPS) is 12.3. The fourth-order valence-corrected chi connectivity index (χ4v) is 4.72. The number of fused-ring (bicyclic) bond motifs is 2. The van der Waals surface area contributed by atoms with Gasteiger partial charge in [0.1, 0.15) is 11.3 Å². The van der Waals surface area contributed by atoms with E-state index in [2.05, 4.69) is 26.0 Å². The van der Waals surface area contributed by atoms with Crippen molar-refractivity contribution >= 4 is 61.6 Å². The van der Waals surface area contributed by atoms with Crippen LogP contribution in [0, 0.1) is 0 Å². The Labute approximate surface area is 224 Å². The molecule has 0 saturated carbocycles. The molecule has 2 heterocycles. The van der Waals surface area contributed by atoms with Crippen LogP contribution in [0.5, 0.6) is 5.75 Å². The molecule has 186 valence electrons. The second kappa shape index (κ2) is 10.2. The molecular formula is C27H19BrClN3O5. The molecule has 0 radical (unpaired) electrons. The van der Waals surface area contributed by atoms with Crippen molar-refractivity contribution in [1.82, 2.24) is 9.66 Å². The first-order valence-corrected chi connectivity index (χ1v) is 12.3. The molecule has 1 atom stereocenters. The first-order valence-electron chi connectivity index (χ1n) is 11.1. The Morgan fingerprint density at radius 2 is 1.92 bits per heavy atom. The zero-order valence-electron chi connectivity index (χ0n) is 19.6. The monoisotopic (exact) mass is 579 g/mol. The summed E-state index contributed by atoms with van der Waals surface area (Å²) >= 11 is 9.70. The molecule has 8 nitrogen and oxygen atoms in total. The quantitative estimate of drug-likeness (QED) is 0.179. The highest BCUT2D eigenvalue weighted by Gasteiger charge is 2.20. The molecule has 0 spiro atoms. The number of halogens is 2. The van der Waals surface area contributed by atoms with Gasteiger partial charge in [0, 0.05) is 16.0 Å². The lowest BCUT2D eigenvalue weighted by atomic mass is 10.2. The molecule has 0 fully saturated rings. The zero-order valence-corrected chi connectivity index (χ0v) is 22.0. The Hall–Kier alpha value is -3.95. The van der Waals surface area contributed by atoms with E-state index >= 15 is 0 Å². The van der Waals surface area contributed by atoms with Crippen molar-refractivity contribution in [3.8, 4) is 17.3 Å². The Morgan fingerprint density at radius 1 is 1.16 bits per heavy atom. The minimum atomic E-state index is -0.897. The van der Waals surface area contributed by atoms with Crippen molar-refractivity contribution in [3.05, 3.63) is 92.1 Å². The van der Waals surface area contributed by atoms with Crippen molar-refractivity contribution in [3.63, 3.8) is 0 Å². The Morgan fingerprint density at radius 3 is 2.70 bits per heavy atom. The van der Waals surface area contributed by atoms with Gasteiger partial charge >= 0.3 is 5.97 Å². The summed E-state index contributed by atoms with van der Waals surface area (Å²) in [6.07, 6.45) is 0.519. The minimum Gasteiger partial charge on any atom is -0.477 e. The highest BCUT2D eigenvalue weighted by atomic mass is 79.9. The lowest BCUT2D eigenvalue weighted by molar-refractivity contribution is -0.147. The van der Waals surface area contributed by atoms with Gasteiger partial charge in [-0.25, -0.2) is 9.78 Å². The number of para-hydroxylation sites is 2. The van der Waals surface area contributed by atoms with Gasteiger partial charge in [-0.3, -0.25) is 4.79 Å². The summed E-state index contributed by atoms with van der Waals surface area (Å²) < 4.78 is 18.3. The lowest BCUT2D eigenvalue weighted by Gasteiger charge is -2.16. The molecular weight excluding hydrogens is 562 g/mol. The van der Waals surface area contributed by atoms with Crippen molar-refractivity contribution in [2.45, 2.75) is 13.0 Å². The van der Waals surface area contributed by atoms with Crippen LogP contribution in [0.1, 0.15) is 12.5 Å². The number of ether oxygens (including phenoxy) is 2. The summed E-state index contributed by atoms with van der Waals surface area (Å²) in [5, 5.41) is 6.12. The third kappa shape index (κ3) is 4.87. The SMILES string of the molecule is COC(=O)[C@H](C)Oc1c(Br)cc(Cl)cc1C=Nn1c(-c2cc3ccccc3o2)nc2ccccc2c1=O. The summed E-state index contributed by atoms with van der Waals surface area (Å²) in [7, 11) is 1.28. The van der Waals surface area contributed by atoms with Crippen LogP contribution in [-0.4, -0.2) is 35.1 Å². The number of methoxy groups -OCH3 is 1. The van der Waals surface area contributed by atoms with Gasteiger partial charge < -0.3 is 13.9 Å². The van der Waals surface area contributed by atoms with Gasteiger partial charge in [0.05, 0.1) is 28.7 Å². The first-order chi connectivity index (χ1) is 17.9. The maximum absolute atomic E-state index is 13.5. The molecule has 5 aromatic rings. The van der Waals surface area contributed by atoms with Gasteiger partial charge in [0.15, 0.2) is 11.9 Å². The molecule has 0 unspecified atom stereocenters. The van der Waals surface area contributed by atoms with E-state index in [1.54, 1.807) is 49.4 Å².